The minimum Gasteiger partial charge on any atom is -0.507 e. The topological polar surface area (TPSA) is 274 Å². The predicted molar refractivity (Wildman–Crippen MR) is 228 cm³/mol. The molecule has 7 rings (SSSR count). The first-order valence-electron chi connectivity index (χ1n) is 21.0. The Morgan fingerprint density at radius 2 is 1.58 bits per heavy atom. The lowest BCUT2D eigenvalue weighted by atomic mass is 10.0. The van der Waals surface area contributed by atoms with Crippen LogP contribution in [0.1, 0.15) is 78.0 Å². The van der Waals surface area contributed by atoms with Gasteiger partial charge in [-0.25, -0.2) is 0 Å². The van der Waals surface area contributed by atoms with Crippen LogP contribution in [0.5, 0.6) is 17.2 Å². The molecule has 0 spiro atoms. The molecule has 2 aliphatic heterocycles. The van der Waals surface area contributed by atoms with Crippen LogP contribution in [0, 0.1) is 0 Å². The van der Waals surface area contributed by atoms with Gasteiger partial charge in [0, 0.05) is 45.2 Å². The molecule has 5 N–H and O–H groups in total. The quantitative estimate of drug-likeness (QED) is 0.0618. The van der Waals surface area contributed by atoms with Crippen LogP contribution in [0.25, 0.3) is 11.3 Å². The summed E-state index contributed by atoms with van der Waals surface area (Å²) in [5.41, 5.74) is 2.47. The van der Waals surface area contributed by atoms with E-state index in [1.165, 1.54) is 41.3 Å². The van der Waals surface area contributed by atoms with Crippen LogP contribution in [-0.4, -0.2) is 140 Å². The van der Waals surface area contributed by atoms with Gasteiger partial charge in [0.15, 0.2) is 24.7 Å². The Balaban J connectivity index is 0.743. The standard InChI is InChI=1S/C45H47N7O14/c1-51(2)43(59)28-10-7-26(20-34(28)53)36-22-32(50-66-36)41(57)48-31-11-8-25-6-9-27(21-30(25)31)64-23-38(55)46-14-16-62-18-19-63-17-15-47-39(56)24-65-35-5-3-4-29-40(35)45(61)52(44(29)60)33-12-13-37(54)49-42(33)58/h3-7,9-10,20-22,31,33,53H,8,11-19,23-24H2,1-2H3,(H,46,55)(H,47,56)(H,48,57)(H,49,54,58). The van der Waals surface area contributed by atoms with Crippen LogP contribution in [0.2, 0.25) is 0 Å². The number of hydrogen-bond donors (Lipinski definition) is 5. The molecule has 21 nitrogen and oxygen atoms in total. The maximum Gasteiger partial charge on any atom is 0.273 e. The van der Waals surface area contributed by atoms with Crippen LogP contribution in [0.3, 0.4) is 0 Å². The summed E-state index contributed by atoms with van der Waals surface area (Å²) in [7, 11) is 3.16. The molecule has 3 aromatic carbocycles. The summed E-state index contributed by atoms with van der Waals surface area (Å²) in [6, 6.07) is 14.2. The molecule has 0 radical (unpaired) electrons. The SMILES string of the molecule is CN(C)C(=O)c1ccc(-c2cc(C(=O)NC3CCc4ccc(OCC(=O)NCCOCCOCCNC(=O)COc5cccc6c5C(=O)N(C5CCC(=O)NC5=O)C6=O)cc43)no2)cc1O. The number of aromatic nitrogens is 1. The minimum absolute atomic E-state index is 0.0107. The average Bonchev–Trinajstić information content (AvgIpc) is 4.02. The summed E-state index contributed by atoms with van der Waals surface area (Å²) < 4.78 is 27.6. The summed E-state index contributed by atoms with van der Waals surface area (Å²) in [4.78, 5) is 103. The second kappa shape index (κ2) is 20.9. The molecule has 21 heteroatoms. The number of amides is 8. The zero-order valence-electron chi connectivity index (χ0n) is 36.0. The van der Waals surface area contributed by atoms with Crippen LogP contribution < -0.4 is 30.7 Å². The summed E-state index contributed by atoms with van der Waals surface area (Å²) >= 11 is 0. The molecule has 3 heterocycles. The number of phenols is 1. The van der Waals surface area contributed by atoms with E-state index in [1.54, 1.807) is 32.3 Å². The van der Waals surface area contributed by atoms with E-state index in [0.29, 0.717) is 17.7 Å². The Labute approximate surface area is 377 Å². The third kappa shape index (κ3) is 10.8. The van der Waals surface area contributed by atoms with E-state index in [-0.39, 0.29) is 116 Å². The highest BCUT2D eigenvalue weighted by atomic mass is 16.5. The highest BCUT2D eigenvalue weighted by Gasteiger charge is 2.46. The van der Waals surface area contributed by atoms with Gasteiger partial charge in [0.05, 0.1) is 49.2 Å². The molecule has 1 fully saturated rings. The largest absolute Gasteiger partial charge is 0.507 e. The van der Waals surface area contributed by atoms with E-state index in [9.17, 15) is 43.5 Å². The molecule has 1 aliphatic carbocycles. The molecule has 2 atom stereocenters. The van der Waals surface area contributed by atoms with Gasteiger partial charge in [0.1, 0.15) is 23.3 Å². The van der Waals surface area contributed by atoms with Gasteiger partial charge in [0.2, 0.25) is 11.8 Å². The Hall–Kier alpha value is -7.65. The number of nitrogens with zero attached hydrogens (tertiary/aromatic N) is 3. The van der Waals surface area contributed by atoms with Gasteiger partial charge >= 0.3 is 0 Å². The summed E-state index contributed by atoms with van der Waals surface area (Å²) in [6.45, 7) is 0.519. The first kappa shape index (κ1) is 46.3. The van der Waals surface area contributed by atoms with Gasteiger partial charge in [-0.15, -0.1) is 0 Å². The van der Waals surface area contributed by atoms with Gasteiger partial charge < -0.3 is 49.4 Å². The second-order valence-electron chi connectivity index (χ2n) is 15.6. The van der Waals surface area contributed by atoms with Gasteiger partial charge in [-0.2, -0.15) is 0 Å². The molecule has 2 unspecified atom stereocenters. The molecule has 0 bridgehead atoms. The highest BCUT2D eigenvalue weighted by Crippen LogP contribution is 2.36. The van der Waals surface area contributed by atoms with Crippen LogP contribution >= 0.6 is 0 Å². The summed E-state index contributed by atoms with van der Waals surface area (Å²) in [5.74, 6) is -3.85. The number of rotatable bonds is 20. The molecule has 3 aliphatic rings. The molecule has 346 valence electrons. The number of aromatic hydroxyl groups is 1. The lowest BCUT2D eigenvalue weighted by Crippen LogP contribution is -2.54. The van der Waals surface area contributed by atoms with Crippen LogP contribution in [-0.2, 0) is 35.1 Å². The lowest BCUT2D eigenvalue weighted by Gasteiger charge is -2.27. The van der Waals surface area contributed by atoms with Crippen molar-refractivity contribution in [1.82, 2.24) is 36.2 Å². The zero-order valence-corrected chi connectivity index (χ0v) is 36.0. The van der Waals surface area contributed by atoms with Gasteiger partial charge in [0.25, 0.3) is 35.4 Å². The van der Waals surface area contributed by atoms with E-state index in [4.69, 9.17) is 23.5 Å². The minimum atomic E-state index is -1.13. The predicted octanol–water partition coefficient (Wildman–Crippen LogP) is 1.29. The summed E-state index contributed by atoms with van der Waals surface area (Å²) in [6.07, 6.45) is 1.37. The van der Waals surface area contributed by atoms with E-state index < -0.39 is 48.1 Å². The molecule has 66 heavy (non-hydrogen) atoms. The number of phenolic OH excluding ortho intramolecular Hbond substituents is 1. The molecular weight excluding hydrogens is 863 g/mol. The van der Waals surface area contributed by atoms with E-state index in [1.807, 2.05) is 6.07 Å². The number of fused-ring (bicyclic) bond motifs is 2. The average molecular weight is 910 g/mol. The molecule has 8 amide bonds. The van der Waals surface area contributed by atoms with Gasteiger partial charge in [-0.05, 0) is 66.8 Å². The number of piperidine rings is 1. The molecular formula is C45H47N7O14. The fourth-order valence-corrected chi connectivity index (χ4v) is 7.52. The number of carbonyl (C=O) groups is 8. The fraction of sp³-hybridized carbons (Fsp3) is 0.356. The molecule has 0 saturated carbocycles. The molecule has 1 aromatic heterocycles. The lowest BCUT2D eigenvalue weighted by molar-refractivity contribution is -0.136. The fourth-order valence-electron chi connectivity index (χ4n) is 7.52. The van der Waals surface area contributed by atoms with Crippen molar-refractivity contribution >= 4 is 47.3 Å². The third-order valence-electron chi connectivity index (χ3n) is 10.8. The van der Waals surface area contributed by atoms with Crippen molar-refractivity contribution in [1.29, 1.82) is 0 Å². The van der Waals surface area contributed by atoms with Crippen molar-refractivity contribution in [3.63, 3.8) is 0 Å². The summed E-state index contributed by atoms with van der Waals surface area (Å²) in [5, 5.41) is 24.7. The van der Waals surface area contributed by atoms with E-state index in [0.717, 1.165) is 22.4 Å². The van der Waals surface area contributed by atoms with E-state index >= 15 is 0 Å². The monoisotopic (exact) mass is 909 g/mol. The van der Waals surface area contributed by atoms with Crippen molar-refractivity contribution in [3.8, 4) is 28.6 Å². The van der Waals surface area contributed by atoms with Crippen molar-refractivity contribution < 1.29 is 66.9 Å². The second-order valence-corrected chi connectivity index (χ2v) is 15.6. The Bertz CT molecular complexity index is 2560. The first-order chi connectivity index (χ1) is 31.8. The smallest absolute Gasteiger partial charge is 0.273 e. The van der Waals surface area contributed by atoms with Crippen molar-refractivity contribution in [2.24, 2.45) is 0 Å². The number of ether oxygens (including phenoxy) is 4. The number of benzene rings is 3. The Kier molecular flexibility index (Phi) is 14.7. The molecule has 1 saturated heterocycles. The van der Waals surface area contributed by atoms with Crippen molar-refractivity contribution in [2.45, 2.75) is 37.8 Å². The van der Waals surface area contributed by atoms with Crippen LogP contribution in [0.15, 0.2) is 65.2 Å². The Morgan fingerprint density at radius 1 is 0.848 bits per heavy atom. The first-order valence-corrected chi connectivity index (χ1v) is 21.0. The Morgan fingerprint density at radius 3 is 2.27 bits per heavy atom. The van der Waals surface area contributed by atoms with Crippen molar-refractivity contribution in [2.75, 3.05) is 66.8 Å². The molecule has 4 aromatic rings. The van der Waals surface area contributed by atoms with Crippen LogP contribution in [0.4, 0.5) is 0 Å². The normalized spacial score (nSPS) is 16.3. The third-order valence-corrected chi connectivity index (χ3v) is 10.8. The van der Waals surface area contributed by atoms with E-state index in [2.05, 4.69) is 26.4 Å². The maximum atomic E-state index is 13.2. The highest BCUT2D eigenvalue weighted by molar-refractivity contribution is 6.24. The van der Waals surface area contributed by atoms with Gasteiger partial charge in [-0.1, -0.05) is 23.4 Å². The number of aryl methyl sites for hydroxylation is 1. The number of nitrogens with one attached hydrogen (secondary N) is 4. The number of hydrogen-bond acceptors (Lipinski definition) is 15. The van der Waals surface area contributed by atoms with Gasteiger partial charge in [-0.3, -0.25) is 48.6 Å². The zero-order chi connectivity index (χ0) is 46.9. The number of carbonyl (C=O) groups excluding carboxylic acids is 8. The van der Waals surface area contributed by atoms with Crippen molar-refractivity contribution in [3.05, 3.63) is 94.2 Å². The number of imide groups is 2. The maximum absolute atomic E-state index is 13.2.